The first kappa shape index (κ1) is 29.7. The van der Waals surface area contributed by atoms with Crippen molar-refractivity contribution in [3.63, 3.8) is 0 Å². The lowest BCUT2D eigenvalue weighted by Gasteiger charge is -2.36. The second-order valence-electron chi connectivity index (χ2n) is 10.5. The van der Waals surface area contributed by atoms with Crippen LogP contribution in [0.5, 0.6) is 28.7 Å². The molecule has 0 saturated heterocycles. The summed E-state index contributed by atoms with van der Waals surface area (Å²) in [5.74, 6) is -0.159. The van der Waals surface area contributed by atoms with Gasteiger partial charge in [-0.25, -0.2) is 0 Å². The number of ketones is 1. The van der Waals surface area contributed by atoms with Gasteiger partial charge in [0.15, 0.2) is 28.8 Å². The van der Waals surface area contributed by atoms with Gasteiger partial charge < -0.3 is 28.8 Å². The van der Waals surface area contributed by atoms with E-state index in [4.69, 9.17) is 28.7 Å². The fourth-order valence-corrected chi connectivity index (χ4v) is 5.86. The summed E-state index contributed by atoms with van der Waals surface area (Å²) in [5.41, 5.74) is 3.26. The molecule has 3 aromatic carbocycles. The molecule has 3 atom stereocenters. The van der Waals surface area contributed by atoms with E-state index in [1.165, 1.54) is 13.2 Å². The van der Waals surface area contributed by atoms with E-state index in [2.05, 4.69) is 0 Å². The van der Waals surface area contributed by atoms with Crippen LogP contribution in [0.4, 0.5) is 0 Å². The summed E-state index contributed by atoms with van der Waals surface area (Å²) in [6.07, 6.45) is 0.744. The summed E-state index contributed by atoms with van der Waals surface area (Å²) in [6.45, 7) is 1.99. The summed E-state index contributed by atoms with van der Waals surface area (Å²) in [4.78, 5) is 32.4. The molecule has 3 aromatic rings. The Labute approximate surface area is 250 Å². The van der Waals surface area contributed by atoms with Crippen molar-refractivity contribution < 1.29 is 38.4 Å². The largest absolute Gasteiger partial charge is 0.504 e. The van der Waals surface area contributed by atoms with Crippen molar-refractivity contribution in [3.8, 4) is 28.7 Å². The summed E-state index contributed by atoms with van der Waals surface area (Å²) in [5, 5.41) is 10.3. The molecule has 9 nitrogen and oxygen atoms in total. The van der Waals surface area contributed by atoms with E-state index in [0.29, 0.717) is 46.2 Å². The number of hydrogen-bond acceptors (Lipinski definition) is 9. The highest BCUT2D eigenvalue weighted by Crippen LogP contribution is 2.48. The minimum atomic E-state index is -0.841. The highest BCUT2D eigenvalue weighted by Gasteiger charge is 2.45. The number of rotatable bonds is 10. The first-order valence-electron chi connectivity index (χ1n) is 14.1. The van der Waals surface area contributed by atoms with Crippen molar-refractivity contribution in [1.82, 2.24) is 0 Å². The van der Waals surface area contributed by atoms with Crippen LogP contribution in [-0.4, -0.2) is 57.1 Å². The monoisotopic (exact) mass is 585 g/mol. The number of ether oxygens (including phenoxy) is 5. The molecule has 0 spiro atoms. The lowest BCUT2D eigenvalue weighted by Crippen LogP contribution is -2.38. The predicted molar refractivity (Wildman–Crippen MR) is 160 cm³/mol. The van der Waals surface area contributed by atoms with Gasteiger partial charge in [0.25, 0.3) is 0 Å². The number of hydrogen-bond donors (Lipinski definition) is 1. The van der Waals surface area contributed by atoms with Gasteiger partial charge in [0.1, 0.15) is 24.9 Å². The Morgan fingerprint density at radius 2 is 1.56 bits per heavy atom. The van der Waals surface area contributed by atoms with E-state index in [1.54, 1.807) is 33.3 Å². The molecule has 1 unspecified atom stereocenters. The van der Waals surface area contributed by atoms with Gasteiger partial charge in [-0.3, -0.25) is 14.6 Å². The second kappa shape index (κ2) is 13.0. The molecule has 9 heteroatoms. The minimum Gasteiger partial charge on any atom is -0.504 e. The standard InChI is InChI=1S/C34H35NO8/c1-20-31(34(38)43-15-14-42-24-8-6-5-7-9-24)32(22-10-12-26(36)29(19-22)40-3)33-25(35-20)16-23(17-27(33)37)21-11-13-28(39-2)30(18-21)41-4/h5-13,18-19,23,31-32,36H,14-17H2,1-4H3/t23-,31?,32+/m1/s1. The highest BCUT2D eigenvalue weighted by atomic mass is 16.6. The predicted octanol–water partition coefficient (Wildman–Crippen LogP) is 5.62. The number of phenols is 1. The lowest BCUT2D eigenvalue weighted by molar-refractivity contribution is -0.147. The molecule has 0 saturated carbocycles. The zero-order valence-corrected chi connectivity index (χ0v) is 24.7. The first-order chi connectivity index (χ1) is 20.8. The van der Waals surface area contributed by atoms with E-state index >= 15 is 0 Å². The summed E-state index contributed by atoms with van der Waals surface area (Å²) in [7, 11) is 4.61. The Hall–Kier alpha value is -4.79. The van der Waals surface area contributed by atoms with Gasteiger partial charge >= 0.3 is 5.97 Å². The zero-order chi connectivity index (χ0) is 30.5. The molecular formula is C34H35NO8. The van der Waals surface area contributed by atoms with Crippen molar-refractivity contribution in [1.29, 1.82) is 0 Å². The number of para-hydroxylation sites is 1. The number of phenolic OH excluding ortho intramolecular Hbond substituents is 1. The van der Waals surface area contributed by atoms with Gasteiger partial charge in [-0.2, -0.15) is 0 Å². The topological polar surface area (TPSA) is 113 Å². The number of aliphatic imine (C=N–C) groups is 1. The summed E-state index contributed by atoms with van der Waals surface area (Å²) >= 11 is 0. The van der Waals surface area contributed by atoms with Crippen LogP contribution in [0.15, 0.2) is 83.0 Å². The highest BCUT2D eigenvalue weighted by molar-refractivity contribution is 6.09. The molecule has 0 amide bonds. The molecule has 0 fully saturated rings. The van der Waals surface area contributed by atoms with Crippen molar-refractivity contribution in [3.05, 3.63) is 89.1 Å². The number of allylic oxidation sites excluding steroid dienone is 2. The van der Waals surface area contributed by atoms with Crippen molar-refractivity contribution in [2.24, 2.45) is 10.9 Å². The van der Waals surface area contributed by atoms with Gasteiger partial charge in [0.05, 0.1) is 21.3 Å². The van der Waals surface area contributed by atoms with E-state index in [0.717, 1.165) is 5.56 Å². The van der Waals surface area contributed by atoms with E-state index in [-0.39, 0.29) is 42.8 Å². The molecule has 1 N–H and O–H groups in total. The Kier molecular flexibility index (Phi) is 8.99. The average Bonchev–Trinajstić information content (AvgIpc) is 3.02. The fraction of sp³-hybridized carbons (Fsp3) is 0.324. The normalized spacial score (nSPS) is 19.7. The molecule has 0 aromatic heterocycles. The fourth-order valence-electron chi connectivity index (χ4n) is 5.86. The number of Topliss-reactive ketones (excluding diaryl/α,β-unsaturated/α-hetero) is 1. The number of methoxy groups -OCH3 is 3. The smallest absolute Gasteiger partial charge is 0.315 e. The van der Waals surface area contributed by atoms with Crippen LogP contribution in [0.1, 0.15) is 42.7 Å². The van der Waals surface area contributed by atoms with Gasteiger partial charge in [0, 0.05) is 29.3 Å². The third-order valence-electron chi connectivity index (χ3n) is 7.92. The Morgan fingerprint density at radius 1 is 0.860 bits per heavy atom. The van der Waals surface area contributed by atoms with Crippen molar-refractivity contribution in [2.75, 3.05) is 34.5 Å². The number of nitrogens with zero attached hydrogens (tertiary/aromatic N) is 1. The second-order valence-corrected chi connectivity index (χ2v) is 10.5. The lowest BCUT2D eigenvalue weighted by atomic mass is 9.69. The van der Waals surface area contributed by atoms with Crippen molar-refractivity contribution >= 4 is 17.5 Å². The maximum absolute atomic E-state index is 14.0. The molecule has 1 aliphatic carbocycles. The molecule has 0 radical (unpaired) electrons. The SMILES string of the molecule is COc1cc([C@@H]2C3=C(C[C@@H](c4ccc(OC)c(OC)c4)CC3=O)N=C(C)C2C(=O)OCCOc2ccccc2)ccc1O. The maximum Gasteiger partial charge on any atom is 0.315 e. The van der Waals surface area contributed by atoms with Crippen LogP contribution >= 0.6 is 0 Å². The summed E-state index contributed by atoms with van der Waals surface area (Å²) in [6, 6.07) is 19.8. The number of carbonyl (C=O) groups is 2. The maximum atomic E-state index is 14.0. The van der Waals surface area contributed by atoms with Gasteiger partial charge in [-0.05, 0) is 66.8 Å². The number of benzene rings is 3. The Morgan fingerprint density at radius 3 is 2.28 bits per heavy atom. The van der Waals surface area contributed by atoms with Crippen molar-refractivity contribution in [2.45, 2.75) is 31.6 Å². The molecule has 1 aliphatic heterocycles. The third kappa shape index (κ3) is 6.21. The van der Waals surface area contributed by atoms with E-state index in [9.17, 15) is 14.7 Å². The third-order valence-corrected chi connectivity index (χ3v) is 7.92. The number of aromatic hydroxyl groups is 1. The van der Waals surface area contributed by atoms with Gasteiger partial charge in [-0.15, -0.1) is 0 Å². The first-order valence-corrected chi connectivity index (χ1v) is 14.1. The van der Waals surface area contributed by atoms with Crippen LogP contribution < -0.4 is 18.9 Å². The van der Waals surface area contributed by atoms with Crippen LogP contribution in [0.3, 0.4) is 0 Å². The van der Waals surface area contributed by atoms with E-state index < -0.39 is 17.8 Å². The van der Waals surface area contributed by atoms with Gasteiger partial charge in [-0.1, -0.05) is 30.3 Å². The van der Waals surface area contributed by atoms with Crippen LogP contribution in [0.25, 0.3) is 0 Å². The minimum absolute atomic E-state index is 0.0321. The molecule has 224 valence electrons. The van der Waals surface area contributed by atoms with Crippen LogP contribution in [0, 0.1) is 5.92 Å². The average molecular weight is 586 g/mol. The molecule has 43 heavy (non-hydrogen) atoms. The Bertz CT molecular complexity index is 1560. The number of esters is 1. The summed E-state index contributed by atoms with van der Waals surface area (Å²) < 4.78 is 27.6. The Balaban J connectivity index is 1.46. The quantitative estimate of drug-likeness (QED) is 0.241. The van der Waals surface area contributed by atoms with Crippen LogP contribution in [0.2, 0.25) is 0 Å². The molecular weight excluding hydrogens is 550 g/mol. The van der Waals surface area contributed by atoms with E-state index in [1.807, 2.05) is 48.5 Å². The molecule has 5 rings (SSSR count). The molecule has 0 bridgehead atoms. The van der Waals surface area contributed by atoms with Gasteiger partial charge in [0.2, 0.25) is 0 Å². The molecule has 2 aliphatic rings. The number of carbonyl (C=O) groups excluding carboxylic acids is 2. The molecule has 1 heterocycles. The van der Waals surface area contributed by atoms with Crippen LogP contribution in [-0.2, 0) is 14.3 Å². The zero-order valence-electron chi connectivity index (χ0n) is 24.7.